The van der Waals surface area contributed by atoms with Gasteiger partial charge in [0.15, 0.2) is 11.0 Å². The molecule has 6 nitrogen and oxygen atoms in total. The summed E-state index contributed by atoms with van der Waals surface area (Å²) in [6, 6.07) is 16.1. The first-order chi connectivity index (χ1) is 15.1. The maximum atomic E-state index is 5.53. The highest BCUT2D eigenvalue weighted by molar-refractivity contribution is 7.98. The van der Waals surface area contributed by atoms with Crippen LogP contribution in [0, 0.1) is 13.8 Å². The van der Waals surface area contributed by atoms with E-state index >= 15 is 0 Å². The Bertz CT molecular complexity index is 1190. The predicted molar refractivity (Wildman–Crippen MR) is 123 cm³/mol. The topological polar surface area (TPSA) is 62.1 Å². The smallest absolute Gasteiger partial charge is 0.196 e. The third-order valence-electron chi connectivity index (χ3n) is 5.16. The van der Waals surface area contributed by atoms with Crippen LogP contribution in [-0.4, -0.2) is 34.0 Å². The van der Waals surface area contributed by atoms with E-state index < -0.39 is 0 Å². The zero-order valence-corrected chi connectivity index (χ0v) is 18.8. The molecule has 0 aliphatic rings. The van der Waals surface area contributed by atoms with Crippen LogP contribution in [0.25, 0.3) is 17.1 Å². The molecular formula is C24H24N4O2S. The molecule has 0 amide bonds. The van der Waals surface area contributed by atoms with Crippen LogP contribution >= 0.6 is 11.8 Å². The van der Waals surface area contributed by atoms with Crippen molar-refractivity contribution in [3.8, 4) is 28.6 Å². The van der Waals surface area contributed by atoms with Crippen molar-refractivity contribution < 1.29 is 9.47 Å². The molecule has 0 radical (unpaired) electrons. The highest BCUT2D eigenvalue weighted by atomic mass is 32.2. The van der Waals surface area contributed by atoms with Gasteiger partial charge in [-0.15, -0.1) is 10.2 Å². The van der Waals surface area contributed by atoms with Crippen molar-refractivity contribution in [2.75, 3.05) is 14.2 Å². The summed E-state index contributed by atoms with van der Waals surface area (Å²) < 4.78 is 13.0. The van der Waals surface area contributed by atoms with Gasteiger partial charge in [0.25, 0.3) is 0 Å². The highest BCUT2D eigenvalue weighted by Crippen LogP contribution is 2.33. The Morgan fingerprint density at radius 3 is 2.39 bits per heavy atom. The van der Waals surface area contributed by atoms with Crippen LogP contribution in [0.15, 0.2) is 66.1 Å². The molecule has 31 heavy (non-hydrogen) atoms. The van der Waals surface area contributed by atoms with Crippen LogP contribution in [0.5, 0.6) is 11.5 Å². The van der Waals surface area contributed by atoms with Gasteiger partial charge in [-0.25, -0.2) is 0 Å². The molecule has 4 rings (SSSR count). The number of aromatic nitrogens is 4. The number of pyridine rings is 1. The number of thioether (sulfide) groups is 1. The van der Waals surface area contributed by atoms with E-state index in [-0.39, 0.29) is 0 Å². The molecule has 0 saturated heterocycles. The van der Waals surface area contributed by atoms with Gasteiger partial charge in [-0.3, -0.25) is 9.55 Å². The molecule has 4 aromatic rings. The first-order valence-electron chi connectivity index (χ1n) is 9.88. The molecule has 0 saturated carbocycles. The van der Waals surface area contributed by atoms with Gasteiger partial charge in [0, 0.05) is 29.3 Å². The normalized spacial score (nSPS) is 10.8. The number of methoxy groups -OCH3 is 2. The molecule has 2 aromatic heterocycles. The molecule has 0 aliphatic heterocycles. The maximum Gasteiger partial charge on any atom is 0.196 e. The molecule has 2 aromatic carbocycles. The van der Waals surface area contributed by atoms with Crippen molar-refractivity contribution in [1.82, 2.24) is 19.7 Å². The molecule has 0 atom stereocenters. The zero-order valence-electron chi connectivity index (χ0n) is 18.0. The fraction of sp³-hybridized carbons (Fsp3) is 0.208. The minimum Gasteiger partial charge on any atom is -0.497 e. The fourth-order valence-electron chi connectivity index (χ4n) is 3.29. The third-order valence-corrected chi connectivity index (χ3v) is 6.14. The second kappa shape index (κ2) is 9.22. The number of hydrogen-bond donors (Lipinski definition) is 0. The molecule has 2 heterocycles. The monoisotopic (exact) mass is 432 g/mol. The lowest BCUT2D eigenvalue weighted by Crippen LogP contribution is -2.01. The van der Waals surface area contributed by atoms with Crippen LogP contribution < -0.4 is 9.47 Å². The number of nitrogens with zero attached hydrogens (tertiary/aromatic N) is 4. The number of ether oxygens (including phenoxy) is 2. The molecule has 0 unspecified atom stereocenters. The molecule has 158 valence electrons. The Balaban J connectivity index is 1.75. The largest absolute Gasteiger partial charge is 0.497 e. The summed E-state index contributed by atoms with van der Waals surface area (Å²) in [5.41, 5.74) is 5.49. The van der Waals surface area contributed by atoms with Crippen molar-refractivity contribution in [2.45, 2.75) is 24.8 Å². The van der Waals surface area contributed by atoms with E-state index in [1.165, 1.54) is 11.1 Å². The van der Waals surface area contributed by atoms with Gasteiger partial charge >= 0.3 is 0 Å². The lowest BCUT2D eigenvalue weighted by molar-refractivity contribution is 0.400. The molecule has 0 spiro atoms. The number of aryl methyl sites for hydroxylation is 2. The number of hydrogen-bond acceptors (Lipinski definition) is 6. The first kappa shape index (κ1) is 20.9. The van der Waals surface area contributed by atoms with Gasteiger partial charge in [-0.05, 0) is 67.4 Å². The van der Waals surface area contributed by atoms with E-state index in [1.807, 2.05) is 30.3 Å². The quantitative estimate of drug-likeness (QED) is 0.372. The minimum absolute atomic E-state index is 0.666. The highest BCUT2D eigenvalue weighted by Gasteiger charge is 2.17. The summed E-state index contributed by atoms with van der Waals surface area (Å²) in [6.45, 7) is 4.23. The summed E-state index contributed by atoms with van der Waals surface area (Å²) in [5, 5.41) is 9.83. The molecule has 0 fully saturated rings. The fourth-order valence-corrected chi connectivity index (χ4v) is 4.22. The van der Waals surface area contributed by atoms with Gasteiger partial charge in [0.05, 0.1) is 19.9 Å². The van der Waals surface area contributed by atoms with Gasteiger partial charge < -0.3 is 9.47 Å². The average molecular weight is 433 g/mol. The van der Waals surface area contributed by atoms with Crippen LogP contribution in [0.2, 0.25) is 0 Å². The summed E-state index contributed by atoms with van der Waals surface area (Å²) >= 11 is 1.61. The van der Waals surface area contributed by atoms with Gasteiger partial charge in [0.1, 0.15) is 11.5 Å². The predicted octanol–water partition coefficient (Wildman–Crippen LogP) is 5.26. The molecule has 7 heteroatoms. The van der Waals surface area contributed by atoms with Gasteiger partial charge in [0.2, 0.25) is 0 Å². The third kappa shape index (κ3) is 4.41. The van der Waals surface area contributed by atoms with Gasteiger partial charge in [-0.2, -0.15) is 0 Å². The van der Waals surface area contributed by atoms with Crippen molar-refractivity contribution in [3.63, 3.8) is 0 Å². The Hall–Kier alpha value is -3.32. The lowest BCUT2D eigenvalue weighted by atomic mass is 10.1. The van der Waals surface area contributed by atoms with Crippen molar-refractivity contribution in [3.05, 3.63) is 77.6 Å². The van der Waals surface area contributed by atoms with E-state index in [0.717, 1.165) is 39.3 Å². The van der Waals surface area contributed by atoms with Crippen LogP contribution in [-0.2, 0) is 5.75 Å². The van der Waals surface area contributed by atoms with Crippen molar-refractivity contribution in [2.24, 2.45) is 0 Å². The second-order valence-electron chi connectivity index (χ2n) is 7.11. The van der Waals surface area contributed by atoms with Crippen molar-refractivity contribution >= 4 is 11.8 Å². The van der Waals surface area contributed by atoms with E-state index in [2.05, 4.69) is 51.8 Å². The molecule has 0 bridgehead atoms. The number of rotatable bonds is 7. The summed E-state index contributed by atoms with van der Waals surface area (Å²) in [6.07, 6.45) is 3.53. The SMILES string of the molecule is COc1ccc(OC)c(CSc2nnc(-c3ccncc3)n2-c2ccc(C)c(C)c2)c1. The van der Waals surface area contributed by atoms with Crippen molar-refractivity contribution in [1.29, 1.82) is 0 Å². The Morgan fingerprint density at radius 2 is 1.68 bits per heavy atom. The summed E-state index contributed by atoms with van der Waals surface area (Å²) in [4.78, 5) is 4.13. The maximum absolute atomic E-state index is 5.53. The zero-order chi connectivity index (χ0) is 21.8. The van der Waals surface area contributed by atoms with E-state index in [9.17, 15) is 0 Å². The Morgan fingerprint density at radius 1 is 0.871 bits per heavy atom. The van der Waals surface area contributed by atoms with Gasteiger partial charge in [-0.1, -0.05) is 17.8 Å². The minimum atomic E-state index is 0.666. The second-order valence-corrected chi connectivity index (χ2v) is 8.05. The Kier molecular flexibility index (Phi) is 6.23. The lowest BCUT2D eigenvalue weighted by Gasteiger charge is -2.13. The molecule has 0 N–H and O–H groups in total. The summed E-state index contributed by atoms with van der Waals surface area (Å²) in [7, 11) is 3.34. The van der Waals surface area contributed by atoms with Crippen LogP contribution in [0.3, 0.4) is 0 Å². The number of benzene rings is 2. The van der Waals surface area contributed by atoms with E-state index in [1.54, 1.807) is 38.4 Å². The first-order valence-corrected chi connectivity index (χ1v) is 10.9. The average Bonchev–Trinajstić information content (AvgIpc) is 3.23. The van der Waals surface area contributed by atoms with Crippen LogP contribution in [0.4, 0.5) is 0 Å². The van der Waals surface area contributed by atoms with E-state index in [4.69, 9.17) is 9.47 Å². The summed E-state index contributed by atoms with van der Waals surface area (Å²) in [5.74, 6) is 3.06. The molecular weight excluding hydrogens is 408 g/mol. The van der Waals surface area contributed by atoms with E-state index in [0.29, 0.717) is 5.75 Å². The van der Waals surface area contributed by atoms with Crippen LogP contribution in [0.1, 0.15) is 16.7 Å². The molecule has 0 aliphatic carbocycles. The standard InChI is InChI=1S/C24H24N4O2S/c1-16-5-6-20(13-17(16)2)28-23(18-9-11-25-12-10-18)26-27-24(28)31-15-19-14-21(29-3)7-8-22(19)30-4/h5-14H,15H2,1-4H3. The Labute approximate surface area is 186 Å².